The summed E-state index contributed by atoms with van der Waals surface area (Å²) in [6, 6.07) is 5.61. The van der Waals surface area contributed by atoms with E-state index in [-0.39, 0.29) is 12.5 Å². The number of imidazole rings is 1. The van der Waals surface area contributed by atoms with Gasteiger partial charge in [-0.1, -0.05) is 0 Å². The predicted octanol–water partition coefficient (Wildman–Crippen LogP) is 3.03. The monoisotopic (exact) mass is 316 g/mol. The van der Waals surface area contributed by atoms with Gasteiger partial charge in [-0.15, -0.1) is 0 Å². The summed E-state index contributed by atoms with van der Waals surface area (Å²) in [5.74, 6) is 1.13. The standard InChI is InChI=1S/C17H20N2O4/c1-22-14-7-6-11(8-15(14)23-13-4-2-3-5-13)17-18-10-12(19-17)9-16(20)21/h6-8,10,13H,2-5,9H2,1H3,(H,18,19)(H,20,21). The fraction of sp³-hybridized carbons (Fsp3) is 0.412. The fourth-order valence-corrected chi connectivity index (χ4v) is 2.86. The number of rotatable bonds is 6. The van der Waals surface area contributed by atoms with Crippen molar-refractivity contribution in [1.29, 1.82) is 0 Å². The van der Waals surface area contributed by atoms with E-state index in [1.165, 1.54) is 12.8 Å². The molecule has 0 amide bonds. The van der Waals surface area contributed by atoms with Crippen LogP contribution in [0.4, 0.5) is 0 Å². The molecule has 1 aromatic heterocycles. The van der Waals surface area contributed by atoms with Crippen LogP contribution in [0.25, 0.3) is 11.4 Å². The van der Waals surface area contributed by atoms with Crippen molar-refractivity contribution in [2.24, 2.45) is 0 Å². The molecule has 0 unspecified atom stereocenters. The molecule has 2 aromatic rings. The SMILES string of the molecule is COc1ccc(-c2ncc(CC(=O)O)[nH]2)cc1OC1CCCC1. The Labute approximate surface area is 134 Å². The second-order valence-corrected chi connectivity index (χ2v) is 5.72. The van der Waals surface area contributed by atoms with Crippen LogP contribution in [-0.2, 0) is 11.2 Å². The largest absolute Gasteiger partial charge is 0.493 e. The van der Waals surface area contributed by atoms with E-state index in [2.05, 4.69) is 9.97 Å². The van der Waals surface area contributed by atoms with Gasteiger partial charge >= 0.3 is 5.97 Å². The third-order valence-electron chi connectivity index (χ3n) is 4.00. The molecule has 0 spiro atoms. The van der Waals surface area contributed by atoms with Crippen LogP contribution in [0.2, 0.25) is 0 Å². The Hall–Kier alpha value is -2.50. The maximum Gasteiger partial charge on any atom is 0.309 e. The number of carbonyl (C=O) groups is 1. The second kappa shape index (κ2) is 6.73. The highest BCUT2D eigenvalue weighted by molar-refractivity contribution is 5.70. The average molecular weight is 316 g/mol. The van der Waals surface area contributed by atoms with Gasteiger partial charge in [-0.2, -0.15) is 0 Å². The molecule has 122 valence electrons. The minimum Gasteiger partial charge on any atom is -0.493 e. The summed E-state index contributed by atoms with van der Waals surface area (Å²) < 4.78 is 11.4. The second-order valence-electron chi connectivity index (χ2n) is 5.72. The first-order valence-electron chi connectivity index (χ1n) is 7.76. The molecule has 0 atom stereocenters. The summed E-state index contributed by atoms with van der Waals surface area (Å²) >= 11 is 0. The first-order valence-corrected chi connectivity index (χ1v) is 7.76. The van der Waals surface area contributed by atoms with Crippen molar-refractivity contribution in [3.05, 3.63) is 30.1 Å². The molecule has 0 radical (unpaired) electrons. The van der Waals surface area contributed by atoms with Gasteiger partial charge in [0, 0.05) is 17.5 Å². The lowest BCUT2D eigenvalue weighted by Gasteiger charge is -2.16. The van der Waals surface area contributed by atoms with Gasteiger partial charge in [-0.25, -0.2) is 4.98 Å². The van der Waals surface area contributed by atoms with Crippen molar-refractivity contribution in [2.45, 2.75) is 38.2 Å². The fourth-order valence-electron chi connectivity index (χ4n) is 2.86. The molecule has 23 heavy (non-hydrogen) atoms. The number of nitrogens with one attached hydrogen (secondary N) is 1. The first-order chi connectivity index (χ1) is 11.2. The number of benzene rings is 1. The minimum atomic E-state index is -0.889. The van der Waals surface area contributed by atoms with Crippen molar-refractivity contribution in [3.8, 4) is 22.9 Å². The highest BCUT2D eigenvalue weighted by Crippen LogP contribution is 2.34. The van der Waals surface area contributed by atoms with Crippen LogP contribution in [0.3, 0.4) is 0 Å². The molecule has 0 aliphatic heterocycles. The molecule has 1 fully saturated rings. The molecular weight excluding hydrogens is 296 g/mol. The Morgan fingerprint density at radius 3 is 2.83 bits per heavy atom. The van der Waals surface area contributed by atoms with E-state index < -0.39 is 5.97 Å². The summed E-state index contributed by atoms with van der Waals surface area (Å²) in [6.45, 7) is 0. The Kier molecular flexibility index (Phi) is 4.50. The minimum absolute atomic E-state index is 0.0748. The van der Waals surface area contributed by atoms with E-state index in [1.807, 2.05) is 18.2 Å². The number of aromatic nitrogens is 2. The molecule has 6 nitrogen and oxygen atoms in total. The normalized spacial score (nSPS) is 14.8. The predicted molar refractivity (Wildman–Crippen MR) is 84.8 cm³/mol. The van der Waals surface area contributed by atoms with Crippen LogP contribution in [0, 0.1) is 0 Å². The number of hydrogen-bond donors (Lipinski definition) is 2. The summed E-state index contributed by atoms with van der Waals surface area (Å²) in [6.07, 6.45) is 6.23. The maximum absolute atomic E-state index is 10.8. The number of carboxylic acid groups (broad SMARTS) is 1. The molecule has 0 bridgehead atoms. The lowest BCUT2D eigenvalue weighted by atomic mass is 10.2. The van der Waals surface area contributed by atoms with E-state index in [9.17, 15) is 4.79 Å². The highest BCUT2D eigenvalue weighted by atomic mass is 16.5. The Bertz CT molecular complexity index is 690. The van der Waals surface area contributed by atoms with Gasteiger partial charge in [0.2, 0.25) is 0 Å². The summed E-state index contributed by atoms with van der Waals surface area (Å²) in [5, 5.41) is 8.83. The zero-order valence-electron chi connectivity index (χ0n) is 13.0. The van der Waals surface area contributed by atoms with E-state index in [1.54, 1.807) is 13.3 Å². The molecule has 6 heteroatoms. The highest BCUT2D eigenvalue weighted by Gasteiger charge is 2.19. The Balaban J connectivity index is 1.84. The van der Waals surface area contributed by atoms with Crippen LogP contribution < -0.4 is 9.47 Å². The smallest absolute Gasteiger partial charge is 0.309 e. The first kappa shape index (κ1) is 15.4. The third kappa shape index (κ3) is 3.64. The van der Waals surface area contributed by atoms with Crippen LogP contribution in [0.5, 0.6) is 11.5 Å². The van der Waals surface area contributed by atoms with E-state index in [4.69, 9.17) is 14.6 Å². The van der Waals surface area contributed by atoms with E-state index in [0.717, 1.165) is 18.4 Å². The Morgan fingerprint density at radius 2 is 2.13 bits per heavy atom. The lowest BCUT2D eigenvalue weighted by Crippen LogP contribution is -2.11. The zero-order chi connectivity index (χ0) is 16.2. The summed E-state index contributed by atoms with van der Waals surface area (Å²) in [5.41, 5.74) is 1.41. The topological polar surface area (TPSA) is 84.4 Å². The van der Waals surface area contributed by atoms with Crippen molar-refractivity contribution >= 4 is 5.97 Å². The molecule has 1 aliphatic rings. The zero-order valence-corrected chi connectivity index (χ0v) is 13.0. The van der Waals surface area contributed by atoms with Crippen LogP contribution in [-0.4, -0.2) is 34.3 Å². The van der Waals surface area contributed by atoms with Gasteiger partial charge in [-0.05, 0) is 43.9 Å². The number of methoxy groups -OCH3 is 1. The van der Waals surface area contributed by atoms with Gasteiger partial charge in [0.1, 0.15) is 5.82 Å². The molecule has 3 rings (SSSR count). The molecular formula is C17H20N2O4. The van der Waals surface area contributed by atoms with Crippen molar-refractivity contribution in [2.75, 3.05) is 7.11 Å². The molecule has 1 saturated carbocycles. The quantitative estimate of drug-likeness (QED) is 0.855. The average Bonchev–Trinajstić information content (AvgIpc) is 3.18. The molecule has 1 heterocycles. The number of ether oxygens (including phenoxy) is 2. The van der Waals surface area contributed by atoms with E-state index in [0.29, 0.717) is 23.0 Å². The molecule has 1 aliphatic carbocycles. The summed E-state index contributed by atoms with van der Waals surface area (Å²) in [4.78, 5) is 18.0. The van der Waals surface area contributed by atoms with Crippen molar-refractivity contribution in [1.82, 2.24) is 9.97 Å². The molecule has 0 saturated heterocycles. The Morgan fingerprint density at radius 1 is 1.35 bits per heavy atom. The van der Waals surface area contributed by atoms with Gasteiger partial charge in [0.05, 0.1) is 19.6 Å². The number of hydrogen-bond acceptors (Lipinski definition) is 4. The van der Waals surface area contributed by atoms with Crippen molar-refractivity contribution in [3.63, 3.8) is 0 Å². The molecule has 2 N–H and O–H groups in total. The number of H-pyrrole nitrogens is 1. The maximum atomic E-state index is 10.8. The summed E-state index contributed by atoms with van der Waals surface area (Å²) in [7, 11) is 1.62. The van der Waals surface area contributed by atoms with Crippen molar-refractivity contribution < 1.29 is 19.4 Å². The van der Waals surface area contributed by atoms with Gasteiger partial charge in [-0.3, -0.25) is 4.79 Å². The number of aromatic amines is 1. The number of nitrogens with zero attached hydrogens (tertiary/aromatic N) is 1. The van der Waals surface area contributed by atoms with Gasteiger partial charge in [0.15, 0.2) is 11.5 Å². The number of aliphatic carboxylic acids is 1. The third-order valence-corrected chi connectivity index (χ3v) is 4.00. The van der Waals surface area contributed by atoms with Crippen LogP contribution >= 0.6 is 0 Å². The molecule has 1 aromatic carbocycles. The van der Waals surface area contributed by atoms with E-state index >= 15 is 0 Å². The van der Waals surface area contributed by atoms with Crippen LogP contribution in [0.15, 0.2) is 24.4 Å². The lowest BCUT2D eigenvalue weighted by molar-refractivity contribution is -0.136. The van der Waals surface area contributed by atoms with Gasteiger partial charge in [0.25, 0.3) is 0 Å². The van der Waals surface area contributed by atoms with Crippen LogP contribution in [0.1, 0.15) is 31.4 Å². The van der Waals surface area contributed by atoms with Gasteiger partial charge < -0.3 is 19.6 Å². The number of carboxylic acids is 1.